The number of rotatable bonds is 20. The van der Waals surface area contributed by atoms with Crippen LogP contribution in [0.1, 0.15) is 39.5 Å². The lowest BCUT2D eigenvalue weighted by Crippen LogP contribution is -2.35. The van der Waals surface area contributed by atoms with Crippen LogP contribution < -0.4 is 0 Å². The Labute approximate surface area is 170 Å². The molecule has 0 aromatic heterocycles. The predicted molar refractivity (Wildman–Crippen MR) is 118 cm³/mol. The first-order valence-corrected chi connectivity index (χ1v) is 12.9. The highest BCUT2D eigenvalue weighted by molar-refractivity contribution is 7.38. The summed E-state index contributed by atoms with van der Waals surface area (Å²) in [6.45, 7) is 6.24. The van der Waals surface area contributed by atoms with E-state index in [2.05, 4.69) is 18.9 Å². The summed E-state index contributed by atoms with van der Waals surface area (Å²) in [5.74, 6) is 0. The molecule has 0 spiro atoms. The van der Waals surface area contributed by atoms with Crippen molar-refractivity contribution in [2.24, 2.45) is 0 Å². The van der Waals surface area contributed by atoms with Gasteiger partial charge in [0.25, 0.3) is 0 Å². The van der Waals surface area contributed by atoms with Crippen molar-refractivity contribution in [1.29, 1.82) is 0 Å². The van der Waals surface area contributed by atoms with Crippen LogP contribution in [-0.4, -0.2) is 89.9 Å². The lowest BCUT2D eigenvalue weighted by Gasteiger charge is -2.28. The van der Waals surface area contributed by atoms with Gasteiger partial charge in [0.1, 0.15) is 0 Å². The summed E-state index contributed by atoms with van der Waals surface area (Å²) in [6, 6.07) is 0.459. The van der Waals surface area contributed by atoms with Crippen LogP contribution in [0, 0.1) is 0 Å². The van der Waals surface area contributed by atoms with Crippen molar-refractivity contribution in [2.45, 2.75) is 58.2 Å². The third kappa shape index (κ3) is 15.2. The van der Waals surface area contributed by atoms with Crippen LogP contribution in [-0.2, 0) is 23.8 Å². The topological polar surface area (TPSA) is 49.4 Å². The van der Waals surface area contributed by atoms with Gasteiger partial charge in [-0.2, -0.15) is 5.06 Å². The Morgan fingerprint density at radius 2 is 1.22 bits per heavy atom. The van der Waals surface area contributed by atoms with Crippen LogP contribution in [0.15, 0.2) is 0 Å². The van der Waals surface area contributed by atoms with Crippen molar-refractivity contribution in [2.75, 3.05) is 66.2 Å². The maximum Gasteiger partial charge on any atom is 0.157 e. The van der Waals surface area contributed by atoms with Gasteiger partial charge in [0.15, 0.2) is 12.6 Å². The Bertz CT molecular complexity index is 308. The molecule has 0 radical (unpaired) electrons. The molecule has 0 aliphatic carbocycles. The van der Waals surface area contributed by atoms with Crippen LogP contribution >= 0.6 is 17.2 Å². The van der Waals surface area contributed by atoms with Crippen molar-refractivity contribution in [1.82, 2.24) is 5.06 Å². The molecule has 8 heteroatoms. The van der Waals surface area contributed by atoms with Crippen LogP contribution in [0.5, 0.6) is 0 Å². The molecule has 164 valence electrons. The summed E-state index contributed by atoms with van der Waals surface area (Å²) in [5.41, 5.74) is 0. The Morgan fingerprint density at radius 3 is 1.70 bits per heavy atom. The number of hydrogen-bond acceptors (Lipinski definition) is 6. The van der Waals surface area contributed by atoms with Gasteiger partial charge in [-0.25, -0.2) is 0 Å². The molecule has 0 aliphatic rings. The molecular weight excluding hydrogens is 384 g/mol. The van der Waals surface area contributed by atoms with Gasteiger partial charge in [-0.05, 0) is 44.4 Å². The van der Waals surface area contributed by atoms with Gasteiger partial charge in [-0.1, -0.05) is 6.92 Å². The summed E-state index contributed by atoms with van der Waals surface area (Å²) in [5, 5.41) is 2.21. The average molecular weight is 428 g/mol. The van der Waals surface area contributed by atoms with Crippen molar-refractivity contribution in [3.05, 3.63) is 0 Å². The highest BCUT2D eigenvalue weighted by Crippen LogP contribution is 2.20. The normalized spacial score (nSPS) is 14.1. The molecule has 6 nitrogen and oxygen atoms in total. The summed E-state index contributed by atoms with van der Waals surface area (Å²) in [6.07, 6.45) is 8.73. The number of ether oxygens (including phenoxy) is 4. The van der Waals surface area contributed by atoms with Crippen LogP contribution in [0.4, 0.5) is 0 Å². The minimum absolute atomic E-state index is 0.0592. The minimum atomic E-state index is -0.0688. The Hall–Kier alpha value is 0.620. The highest BCUT2D eigenvalue weighted by Gasteiger charge is 2.14. The molecule has 0 N–H and O–H groups in total. The first kappa shape index (κ1) is 27.6. The van der Waals surface area contributed by atoms with Gasteiger partial charge in [0.05, 0.1) is 6.61 Å². The third-order valence-corrected chi connectivity index (χ3v) is 6.87. The molecule has 0 bridgehead atoms. The minimum Gasteiger partial charge on any atom is -0.356 e. The molecule has 27 heavy (non-hydrogen) atoms. The zero-order chi connectivity index (χ0) is 20.3. The van der Waals surface area contributed by atoms with Crippen molar-refractivity contribution in [3.63, 3.8) is 0 Å². The van der Waals surface area contributed by atoms with E-state index in [4.69, 9.17) is 23.8 Å². The van der Waals surface area contributed by atoms with E-state index in [1.54, 1.807) is 28.4 Å². The quantitative estimate of drug-likeness (QED) is 0.128. The Kier molecular flexibility index (Phi) is 20.4. The first-order chi connectivity index (χ1) is 13.1. The van der Waals surface area contributed by atoms with Gasteiger partial charge in [0.2, 0.25) is 0 Å². The summed E-state index contributed by atoms with van der Waals surface area (Å²) in [7, 11) is 8.66. The molecule has 0 saturated heterocycles. The lowest BCUT2D eigenvalue weighted by atomic mass is 10.2. The third-order valence-electron chi connectivity index (χ3n) is 4.37. The molecule has 0 amide bonds. The van der Waals surface area contributed by atoms with Gasteiger partial charge in [-0.3, -0.25) is 4.84 Å². The van der Waals surface area contributed by atoms with Crippen molar-refractivity contribution < 1.29 is 23.8 Å². The molecule has 0 heterocycles. The van der Waals surface area contributed by atoms with Gasteiger partial charge in [-0.15, -0.1) is 17.2 Å². The molecule has 3 unspecified atom stereocenters. The zero-order valence-corrected chi connectivity index (χ0v) is 20.3. The van der Waals surface area contributed by atoms with E-state index in [9.17, 15) is 0 Å². The van der Waals surface area contributed by atoms with Crippen LogP contribution in [0.3, 0.4) is 0 Å². The summed E-state index contributed by atoms with van der Waals surface area (Å²) < 4.78 is 21.0. The second-order valence-electron chi connectivity index (χ2n) is 6.49. The lowest BCUT2D eigenvalue weighted by molar-refractivity contribution is -0.179. The Balaban J connectivity index is 4.00. The molecule has 0 aromatic carbocycles. The van der Waals surface area contributed by atoms with E-state index in [1.165, 1.54) is 18.7 Å². The standard InChI is InChI=1S/C19H43NO5P2/c1-7-12-25-20(11-16-27-15-10-19(23-5)24-6)17(2)8-13-26-14-9-18(21-3)22-4/h17-19,26-27H,7-16H2,1-6H3. The number of nitrogens with zero attached hydrogens (tertiary/aromatic N) is 1. The molecule has 0 aromatic rings. The fourth-order valence-corrected chi connectivity index (χ4v) is 5.00. The monoisotopic (exact) mass is 427 g/mol. The molecule has 3 atom stereocenters. The fourth-order valence-electron chi connectivity index (χ4n) is 2.62. The number of methoxy groups -OCH3 is 4. The van der Waals surface area contributed by atoms with E-state index in [1.807, 2.05) is 0 Å². The molecule has 0 saturated carbocycles. The van der Waals surface area contributed by atoms with E-state index in [0.29, 0.717) is 6.04 Å². The molecule has 0 fully saturated rings. The van der Waals surface area contributed by atoms with Crippen molar-refractivity contribution in [3.8, 4) is 0 Å². The van der Waals surface area contributed by atoms with Gasteiger partial charge in [0, 0.05) is 53.9 Å². The summed E-state index contributed by atoms with van der Waals surface area (Å²) >= 11 is 0. The molecular formula is C19H43NO5P2. The maximum absolute atomic E-state index is 6.00. The van der Waals surface area contributed by atoms with E-state index in [-0.39, 0.29) is 12.6 Å². The van der Waals surface area contributed by atoms with Crippen LogP contribution in [0.25, 0.3) is 0 Å². The SMILES string of the molecule is CCCON(CCPCCC(OC)OC)C(C)CCPCCC(OC)OC. The van der Waals surface area contributed by atoms with E-state index < -0.39 is 0 Å². The second kappa shape index (κ2) is 19.9. The van der Waals surface area contributed by atoms with E-state index >= 15 is 0 Å². The summed E-state index contributed by atoms with van der Waals surface area (Å²) in [4.78, 5) is 6.00. The first-order valence-electron chi connectivity index (χ1n) is 10.0. The fraction of sp³-hybridized carbons (Fsp3) is 1.00. The Morgan fingerprint density at radius 1 is 0.741 bits per heavy atom. The zero-order valence-electron chi connectivity index (χ0n) is 18.3. The smallest absolute Gasteiger partial charge is 0.157 e. The predicted octanol–water partition coefficient (Wildman–Crippen LogP) is 3.78. The second-order valence-corrected chi connectivity index (χ2v) is 9.49. The number of hydroxylamine groups is 2. The van der Waals surface area contributed by atoms with Crippen LogP contribution in [0.2, 0.25) is 0 Å². The van der Waals surface area contributed by atoms with Gasteiger partial charge >= 0.3 is 0 Å². The van der Waals surface area contributed by atoms with E-state index in [0.717, 1.165) is 61.9 Å². The molecule has 0 rings (SSSR count). The highest BCUT2D eigenvalue weighted by atomic mass is 31.1. The van der Waals surface area contributed by atoms with Gasteiger partial charge < -0.3 is 18.9 Å². The average Bonchev–Trinajstić information content (AvgIpc) is 2.69. The number of hydrogen-bond donors (Lipinski definition) is 0. The van der Waals surface area contributed by atoms with Crippen molar-refractivity contribution >= 4 is 17.2 Å². The molecule has 0 aliphatic heterocycles. The maximum atomic E-state index is 6.00. The largest absolute Gasteiger partial charge is 0.356 e.